The van der Waals surface area contributed by atoms with Gasteiger partial charge < -0.3 is 14.8 Å². The van der Waals surface area contributed by atoms with Gasteiger partial charge in [0.2, 0.25) is 17.7 Å². The highest BCUT2D eigenvalue weighted by atomic mass is 35.5. The highest BCUT2D eigenvalue weighted by Crippen LogP contribution is 2.42. The molecule has 2 aliphatic heterocycles. The molecule has 2 aromatic heterocycles. The molecule has 0 radical (unpaired) electrons. The quantitative estimate of drug-likeness (QED) is 0.179. The smallest absolute Gasteiger partial charge is 0.237 e. The van der Waals surface area contributed by atoms with E-state index in [2.05, 4.69) is 15.3 Å². The van der Waals surface area contributed by atoms with E-state index in [1.165, 1.54) is 0 Å². The van der Waals surface area contributed by atoms with Crippen molar-refractivity contribution in [3.63, 3.8) is 0 Å². The second-order valence-electron chi connectivity index (χ2n) is 11.9. The summed E-state index contributed by atoms with van der Waals surface area (Å²) in [5, 5.41) is 3.94. The molecule has 9 nitrogen and oxygen atoms in total. The Bertz CT molecular complexity index is 1760. The number of aryl methyl sites for hydroxylation is 1. The van der Waals surface area contributed by atoms with Gasteiger partial charge in [-0.15, -0.1) is 0 Å². The first-order chi connectivity index (χ1) is 22.8. The second-order valence-corrected chi connectivity index (χ2v) is 12.7. The number of ether oxygens (including phenoxy) is 2. The molecule has 0 unspecified atom stereocenters. The zero-order chi connectivity index (χ0) is 32.9. The number of aromatic nitrogens is 4. The number of hydrogen-bond acceptors (Lipinski definition) is 8. The Hall–Kier alpha value is -3.86. The highest BCUT2D eigenvalue weighted by Gasteiger charge is 2.24. The first-order valence-corrected chi connectivity index (χ1v) is 16.6. The van der Waals surface area contributed by atoms with E-state index in [1.807, 2.05) is 41.3 Å². The Morgan fingerprint density at radius 3 is 2.06 bits per heavy atom. The van der Waals surface area contributed by atoms with Gasteiger partial charge in [-0.1, -0.05) is 59.6 Å². The van der Waals surface area contributed by atoms with E-state index in [9.17, 15) is 9.18 Å². The Morgan fingerprint density at radius 1 is 0.894 bits per heavy atom. The standard InChI is InChI=1S/C35H37Cl2FN6O3/c1-46-34-27(13-3-8-22-14-15-31(45)41-22)39-17-28(42-34)25-11-4-9-23(32(25)36)24-10-5-12-26(33(24)37)29-18-40-30(35(43-29)47-2)20-44-16-6-7-21(38)19-44/h4-5,9-12,17-18,21-22H,3,6-8,13-16,19-20H2,1-2H3,(H,41,45)/t21-,22-/m1/s1. The summed E-state index contributed by atoms with van der Waals surface area (Å²) in [6, 6.07) is 11.6. The topological polar surface area (TPSA) is 102 Å². The Morgan fingerprint density at radius 2 is 1.49 bits per heavy atom. The van der Waals surface area contributed by atoms with E-state index in [4.69, 9.17) is 42.6 Å². The third-order valence-corrected chi connectivity index (χ3v) is 9.54. The SMILES string of the molecule is COc1nc(-c2cccc(-c3cccc(-c4cnc(CN5CCC[C@@H](F)C5)c(OC)n4)c3Cl)c2Cl)cnc1CCC[C@@H]1CCC(=O)N1. The molecule has 12 heteroatoms. The van der Waals surface area contributed by atoms with Gasteiger partial charge in [0.25, 0.3) is 0 Å². The normalized spacial score (nSPS) is 18.3. The number of carbonyl (C=O) groups is 1. The van der Waals surface area contributed by atoms with E-state index in [0.29, 0.717) is 82.4 Å². The van der Waals surface area contributed by atoms with Gasteiger partial charge >= 0.3 is 0 Å². The molecule has 2 aliphatic rings. The minimum absolute atomic E-state index is 0.120. The van der Waals surface area contributed by atoms with Crippen LogP contribution < -0.4 is 14.8 Å². The number of alkyl halides is 1. The molecule has 2 fully saturated rings. The highest BCUT2D eigenvalue weighted by molar-refractivity contribution is 6.39. The zero-order valence-corrected chi connectivity index (χ0v) is 28.0. The maximum absolute atomic E-state index is 14.0. The summed E-state index contributed by atoms with van der Waals surface area (Å²) < 4.78 is 25.2. The van der Waals surface area contributed by atoms with Gasteiger partial charge in [0.15, 0.2) is 0 Å². The summed E-state index contributed by atoms with van der Waals surface area (Å²) in [7, 11) is 3.13. The van der Waals surface area contributed by atoms with E-state index in [1.54, 1.807) is 26.6 Å². The molecule has 0 aliphatic carbocycles. The molecule has 2 saturated heterocycles. The molecule has 4 heterocycles. The number of benzene rings is 2. The minimum Gasteiger partial charge on any atom is -0.480 e. The lowest BCUT2D eigenvalue weighted by Crippen LogP contribution is -2.36. The molecule has 47 heavy (non-hydrogen) atoms. The number of piperidine rings is 1. The summed E-state index contributed by atoms with van der Waals surface area (Å²) in [6.45, 7) is 1.65. The number of hydrogen-bond donors (Lipinski definition) is 1. The average Bonchev–Trinajstić information content (AvgIpc) is 3.50. The van der Waals surface area contributed by atoms with Crippen molar-refractivity contribution in [1.29, 1.82) is 0 Å². The monoisotopic (exact) mass is 678 g/mol. The van der Waals surface area contributed by atoms with Crippen LogP contribution in [0.4, 0.5) is 4.39 Å². The van der Waals surface area contributed by atoms with Crippen LogP contribution >= 0.6 is 23.2 Å². The summed E-state index contributed by atoms with van der Waals surface area (Å²) in [4.78, 5) is 32.3. The third kappa shape index (κ3) is 7.50. The third-order valence-electron chi connectivity index (χ3n) is 8.72. The van der Waals surface area contributed by atoms with Gasteiger partial charge in [0, 0.05) is 47.8 Å². The summed E-state index contributed by atoms with van der Waals surface area (Å²) in [5.41, 5.74) is 5.34. The average molecular weight is 680 g/mol. The molecule has 246 valence electrons. The number of rotatable bonds is 11. The van der Waals surface area contributed by atoms with Crippen molar-refractivity contribution >= 4 is 29.1 Å². The number of carbonyl (C=O) groups excluding carboxylic acids is 1. The van der Waals surface area contributed by atoms with Crippen molar-refractivity contribution in [3.8, 4) is 45.4 Å². The second kappa shape index (κ2) is 14.9. The van der Waals surface area contributed by atoms with E-state index in [0.717, 1.165) is 49.0 Å². The number of amides is 1. The van der Waals surface area contributed by atoms with Gasteiger partial charge in [-0.05, 0) is 45.1 Å². The van der Waals surface area contributed by atoms with Crippen LogP contribution in [0.3, 0.4) is 0 Å². The van der Waals surface area contributed by atoms with Gasteiger partial charge in [-0.25, -0.2) is 14.4 Å². The molecule has 2 aromatic carbocycles. The lowest BCUT2D eigenvalue weighted by Gasteiger charge is -2.28. The minimum atomic E-state index is -0.828. The van der Waals surface area contributed by atoms with E-state index >= 15 is 0 Å². The first-order valence-electron chi connectivity index (χ1n) is 15.9. The summed E-state index contributed by atoms with van der Waals surface area (Å²) in [6.07, 6.45) is 7.85. The fourth-order valence-electron chi connectivity index (χ4n) is 6.30. The van der Waals surface area contributed by atoms with Crippen LogP contribution in [0.1, 0.15) is 49.9 Å². The Kier molecular flexibility index (Phi) is 10.5. The maximum atomic E-state index is 14.0. The van der Waals surface area contributed by atoms with Crippen molar-refractivity contribution in [1.82, 2.24) is 30.2 Å². The number of halogens is 3. The lowest BCUT2D eigenvalue weighted by molar-refractivity contribution is -0.119. The fraction of sp³-hybridized carbons (Fsp3) is 0.400. The van der Waals surface area contributed by atoms with Crippen molar-refractivity contribution in [2.45, 2.75) is 63.7 Å². The molecule has 6 rings (SSSR count). The zero-order valence-electron chi connectivity index (χ0n) is 26.4. The van der Waals surface area contributed by atoms with Gasteiger partial charge in [-0.2, -0.15) is 0 Å². The fourth-order valence-corrected chi connectivity index (χ4v) is 6.95. The number of methoxy groups -OCH3 is 2. The first kappa shape index (κ1) is 33.1. The van der Waals surface area contributed by atoms with Gasteiger partial charge in [0.1, 0.15) is 17.6 Å². The summed E-state index contributed by atoms with van der Waals surface area (Å²) in [5.74, 6) is 0.945. The van der Waals surface area contributed by atoms with Crippen LogP contribution in [0.25, 0.3) is 33.6 Å². The molecule has 4 aromatic rings. The molecule has 1 N–H and O–H groups in total. The molecular formula is C35H37Cl2FN6O3. The van der Waals surface area contributed by atoms with E-state index < -0.39 is 6.17 Å². The van der Waals surface area contributed by atoms with Crippen LogP contribution in [0.15, 0.2) is 48.8 Å². The molecule has 0 bridgehead atoms. The van der Waals surface area contributed by atoms with E-state index in [-0.39, 0.29) is 11.9 Å². The molecule has 0 spiro atoms. The van der Waals surface area contributed by atoms with Gasteiger partial charge in [-0.3, -0.25) is 19.7 Å². The molecule has 0 saturated carbocycles. The maximum Gasteiger partial charge on any atom is 0.237 e. The van der Waals surface area contributed by atoms with Crippen LogP contribution in [0.2, 0.25) is 10.0 Å². The van der Waals surface area contributed by atoms with Crippen molar-refractivity contribution in [2.24, 2.45) is 0 Å². The van der Waals surface area contributed by atoms with Crippen molar-refractivity contribution < 1.29 is 18.7 Å². The lowest BCUT2D eigenvalue weighted by atomic mass is 9.98. The molecule has 1 amide bonds. The predicted octanol–water partition coefficient (Wildman–Crippen LogP) is 7.13. The van der Waals surface area contributed by atoms with Crippen LogP contribution in [-0.4, -0.2) is 70.3 Å². The van der Waals surface area contributed by atoms with Crippen LogP contribution in [0.5, 0.6) is 11.8 Å². The molecule has 2 atom stereocenters. The largest absolute Gasteiger partial charge is 0.480 e. The van der Waals surface area contributed by atoms with Crippen LogP contribution in [0, 0.1) is 0 Å². The van der Waals surface area contributed by atoms with Crippen molar-refractivity contribution in [2.75, 3.05) is 27.3 Å². The Labute approximate surface area is 283 Å². The predicted molar refractivity (Wildman–Crippen MR) is 181 cm³/mol. The van der Waals surface area contributed by atoms with Crippen molar-refractivity contribution in [3.05, 3.63) is 70.2 Å². The van der Waals surface area contributed by atoms with Crippen LogP contribution in [-0.2, 0) is 17.8 Å². The van der Waals surface area contributed by atoms with Gasteiger partial charge in [0.05, 0.1) is 48.0 Å². The number of nitrogens with zero attached hydrogens (tertiary/aromatic N) is 5. The summed E-state index contributed by atoms with van der Waals surface area (Å²) >= 11 is 14.1. The number of likely N-dealkylation sites (tertiary alicyclic amines) is 1. The Balaban J connectivity index is 1.24. The number of nitrogens with one attached hydrogen (secondary N) is 1. The molecular weight excluding hydrogens is 642 g/mol.